The van der Waals surface area contributed by atoms with Crippen molar-refractivity contribution in [3.8, 4) is 0 Å². The molecule has 0 saturated carbocycles. The largest absolute Gasteiger partial charge is 0.387 e. The van der Waals surface area contributed by atoms with Crippen LogP contribution in [0.2, 0.25) is 0 Å². The van der Waals surface area contributed by atoms with Crippen molar-refractivity contribution in [2.45, 2.75) is 31.8 Å². The van der Waals surface area contributed by atoms with Crippen molar-refractivity contribution in [3.05, 3.63) is 54.1 Å². The third kappa shape index (κ3) is 4.51. The monoisotopic (exact) mass is 266 g/mol. The third-order valence-corrected chi connectivity index (χ3v) is 2.91. The Kier molecular flexibility index (Phi) is 6.47. The van der Waals surface area contributed by atoms with Crippen molar-refractivity contribution >= 4 is 12.4 Å². The number of aryl methyl sites for hydroxylation is 1. The number of unbranched alkanes of at least 4 members (excludes halogenated alkanes) is 1. The Hall–Kier alpha value is -1.32. The Labute approximate surface area is 114 Å². The SMILES string of the molecule is Cl.OC(CCCCc1ccccc1)c1cnc[nH]1. The highest BCUT2D eigenvalue weighted by molar-refractivity contribution is 5.85. The lowest BCUT2D eigenvalue weighted by Crippen LogP contribution is -1.98. The molecule has 1 aromatic heterocycles. The van der Waals surface area contributed by atoms with Gasteiger partial charge >= 0.3 is 0 Å². The molecule has 0 spiro atoms. The zero-order valence-electron chi connectivity index (χ0n) is 10.2. The minimum absolute atomic E-state index is 0. The number of rotatable bonds is 6. The highest BCUT2D eigenvalue weighted by Crippen LogP contribution is 2.17. The van der Waals surface area contributed by atoms with Crippen LogP contribution in [0.4, 0.5) is 0 Å². The van der Waals surface area contributed by atoms with Gasteiger partial charge in [0.2, 0.25) is 0 Å². The van der Waals surface area contributed by atoms with Gasteiger partial charge in [-0.2, -0.15) is 0 Å². The van der Waals surface area contributed by atoms with Gasteiger partial charge in [-0.25, -0.2) is 4.98 Å². The van der Waals surface area contributed by atoms with E-state index >= 15 is 0 Å². The van der Waals surface area contributed by atoms with Crippen molar-refractivity contribution in [1.29, 1.82) is 0 Å². The number of hydrogen-bond acceptors (Lipinski definition) is 2. The molecular weight excluding hydrogens is 248 g/mol. The van der Waals surface area contributed by atoms with Crippen LogP contribution >= 0.6 is 12.4 Å². The first-order valence-electron chi connectivity index (χ1n) is 6.06. The van der Waals surface area contributed by atoms with Crippen LogP contribution in [0, 0.1) is 0 Å². The van der Waals surface area contributed by atoms with Crippen molar-refractivity contribution in [3.63, 3.8) is 0 Å². The molecule has 1 aromatic carbocycles. The number of nitrogens with one attached hydrogen (secondary N) is 1. The molecule has 0 aliphatic carbocycles. The maximum Gasteiger partial charge on any atom is 0.0953 e. The molecule has 1 atom stereocenters. The van der Waals surface area contributed by atoms with E-state index in [0.29, 0.717) is 0 Å². The summed E-state index contributed by atoms with van der Waals surface area (Å²) in [7, 11) is 0. The van der Waals surface area contributed by atoms with Crippen LogP contribution < -0.4 is 0 Å². The molecule has 98 valence electrons. The van der Waals surface area contributed by atoms with Crippen molar-refractivity contribution in [2.75, 3.05) is 0 Å². The highest BCUT2D eigenvalue weighted by Gasteiger charge is 2.07. The second-order valence-corrected chi connectivity index (χ2v) is 4.25. The number of aliphatic hydroxyl groups is 1. The molecular formula is C14H19ClN2O. The molecule has 0 radical (unpaired) electrons. The maximum atomic E-state index is 9.84. The molecule has 0 fully saturated rings. The lowest BCUT2D eigenvalue weighted by molar-refractivity contribution is 0.159. The van der Waals surface area contributed by atoms with Crippen molar-refractivity contribution < 1.29 is 5.11 Å². The molecule has 2 rings (SSSR count). The Bertz CT molecular complexity index is 417. The molecule has 1 heterocycles. The second-order valence-electron chi connectivity index (χ2n) is 4.25. The van der Waals surface area contributed by atoms with E-state index in [2.05, 4.69) is 34.2 Å². The lowest BCUT2D eigenvalue weighted by atomic mass is 10.0. The van der Waals surface area contributed by atoms with Gasteiger partial charge in [-0.3, -0.25) is 0 Å². The second kappa shape index (κ2) is 7.90. The van der Waals surface area contributed by atoms with Gasteiger partial charge < -0.3 is 10.1 Å². The van der Waals surface area contributed by atoms with Crippen LogP contribution in [0.5, 0.6) is 0 Å². The van der Waals surface area contributed by atoms with Gasteiger partial charge in [-0.05, 0) is 24.8 Å². The Balaban J connectivity index is 0.00000162. The normalized spacial score (nSPS) is 11.8. The van der Waals surface area contributed by atoms with Crippen LogP contribution in [0.25, 0.3) is 0 Å². The van der Waals surface area contributed by atoms with E-state index in [1.165, 1.54) is 5.56 Å². The number of aromatic nitrogens is 2. The summed E-state index contributed by atoms with van der Waals surface area (Å²) in [5, 5.41) is 9.84. The van der Waals surface area contributed by atoms with Crippen LogP contribution in [0.3, 0.4) is 0 Å². The first-order chi connectivity index (χ1) is 8.36. The van der Waals surface area contributed by atoms with E-state index < -0.39 is 6.10 Å². The number of nitrogens with zero attached hydrogens (tertiary/aromatic N) is 1. The average molecular weight is 267 g/mol. The summed E-state index contributed by atoms with van der Waals surface area (Å²) in [4.78, 5) is 6.84. The summed E-state index contributed by atoms with van der Waals surface area (Å²) in [6.45, 7) is 0. The molecule has 0 aliphatic rings. The van der Waals surface area contributed by atoms with Gasteiger partial charge in [-0.1, -0.05) is 36.8 Å². The molecule has 18 heavy (non-hydrogen) atoms. The average Bonchev–Trinajstić information content (AvgIpc) is 2.89. The minimum atomic E-state index is -0.409. The molecule has 0 amide bonds. The molecule has 2 aromatic rings. The van der Waals surface area contributed by atoms with Crippen molar-refractivity contribution in [2.24, 2.45) is 0 Å². The number of aliphatic hydroxyl groups excluding tert-OH is 1. The first-order valence-corrected chi connectivity index (χ1v) is 6.06. The zero-order chi connectivity index (χ0) is 11.9. The number of hydrogen-bond donors (Lipinski definition) is 2. The Morgan fingerprint density at radius 3 is 2.61 bits per heavy atom. The molecule has 0 bridgehead atoms. The van der Waals surface area contributed by atoms with Crippen LogP contribution in [-0.2, 0) is 6.42 Å². The number of imidazole rings is 1. The van der Waals surface area contributed by atoms with Crippen LogP contribution in [0.15, 0.2) is 42.9 Å². The van der Waals surface area contributed by atoms with E-state index in [0.717, 1.165) is 31.4 Å². The summed E-state index contributed by atoms with van der Waals surface area (Å²) in [5.41, 5.74) is 2.17. The van der Waals surface area contributed by atoms with E-state index in [1.54, 1.807) is 12.5 Å². The van der Waals surface area contributed by atoms with Crippen molar-refractivity contribution in [1.82, 2.24) is 9.97 Å². The Morgan fingerprint density at radius 1 is 1.17 bits per heavy atom. The fraction of sp³-hybridized carbons (Fsp3) is 0.357. The third-order valence-electron chi connectivity index (χ3n) is 2.91. The van der Waals surface area contributed by atoms with Gasteiger partial charge in [0, 0.05) is 0 Å². The molecule has 3 nitrogen and oxygen atoms in total. The molecule has 1 unspecified atom stereocenters. The summed E-state index contributed by atoms with van der Waals surface area (Å²) in [5.74, 6) is 0. The summed E-state index contributed by atoms with van der Waals surface area (Å²) < 4.78 is 0. The van der Waals surface area contributed by atoms with Gasteiger partial charge in [0.25, 0.3) is 0 Å². The smallest absolute Gasteiger partial charge is 0.0953 e. The zero-order valence-corrected chi connectivity index (χ0v) is 11.1. The Morgan fingerprint density at radius 2 is 1.94 bits per heavy atom. The summed E-state index contributed by atoms with van der Waals surface area (Å²) in [6, 6.07) is 10.5. The van der Waals surface area contributed by atoms with Gasteiger partial charge in [-0.15, -0.1) is 12.4 Å². The maximum absolute atomic E-state index is 9.84. The number of halogens is 1. The molecule has 2 N–H and O–H groups in total. The number of H-pyrrole nitrogens is 1. The predicted molar refractivity (Wildman–Crippen MR) is 74.8 cm³/mol. The molecule has 0 aliphatic heterocycles. The van der Waals surface area contributed by atoms with Gasteiger partial charge in [0.1, 0.15) is 0 Å². The topological polar surface area (TPSA) is 48.9 Å². The van der Waals surface area contributed by atoms with E-state index in [4.69, 9.17) is 0 Å². The van der Waals surface area contributed by atoms with Gasteiger partial charge in [0.15, 0.2) is 0 Å². The van der Waals surface area contributed by atoms with E-state index in [-0.39, 0.29) is 12.4 Å². The number of aromatic amines is 1. The van der Waals surface area contributed by atoms with Gasteiger partial charge in [0.05, 0.1) is 24.3 Å². The van der Waals surface area contributed by atoms with E-state index in [9.17, 15) is 5.11 Å². The lowest BCUT2D eigenvalue weighted by Gasteiger charge is -2.07. The summed E-state index contributed by atoms with van der Waals surface area (Å²) >= 11 is 0. The standard InChI is InChI=1S/C14H18N2O.ClH/c17-14(13-10-15-11-16-13)9-5-4-8-12-6-2-1-3-7-12;/h1-3,6-7,10-11,14,17H,4-5,8-9H2,(H,15,16);1H. The quantitative estimate of drug-likeness (QED) is 0.789. The molecule has 4 heteroatoms. The first kappa shape index (κ1) is 14.7. The fourth-order valence-electron chi connectivity index (χ4n) is 1.92. The molecule has 0 saturated heterocycles. The predicted octanol–water partition coefficient (Wildman–Crippen LogP) is 3.28. The minimum Gasteiger partial charge on any atom is -0.387 e. The summed E-state index contributed by atoms with van der Waals surface area (Å²) in [6.07, 6.45) is 6.87. The fourth-order valence-corrected chi connectivity index (χ4v) is 1.92. The number of benzene rings is 1. The van der Waals surface area contributed by atoms with Crippen LogP contribution in [0.1, 0.15) is 36.6 Å². The van der Waals surface area contributed by atoms with E-state index in [1.807, 2.05) is 6.07 Å². The highest BCUT2D eigenvalue weighted by atomic mass is 35.5. The van der Waals surface area contributed by atoms with Crippen LogP contribution in [-0.4, -0.2) is 15.1 Å².